The normalized spacial score (nSPS) is 10.2. The van der Waals surface area contributed by atoms with Crippen molar-refractivity contribution in [1.29, 1.82) is 0 Å². The van der Waals surface area contributed by atoms with E-state index in [0.717, 1.165) is 0 Å². The van der Waals surface area contributed by atoms with Crippen LogP contribution in [0.4, 0.5) is 5.95 Å². The van der Waals surface area contributed by atoms with E-state index < -0.39 is 5.91 Å². The van der Waals surface area contributed by atoms with Crippen molar-refractivity contribution in [3.05, 3.63) is 28.0 Å². The Kier molecular flexibility index (Phi) is 3.63. The van der Waals surface area contributed by atoms with E-state index in [4.69, 9.17) is 27.9 Å². The van der Waals surface area contributed by atoms with Crippen LogP contribution in [0.1, 0.15) is 10.4 Å². The molecule has 2 aromatic rings. The number of anilines is 1. The Bertz CT molecular complexity index is 586. The fourth-order valence-corrected chi connectivity index (χ4v) is 1.39. The first-order chi connectivity index (χ1) is 8.60. The van der Waals surface area contributed by atoms with Gasteiger partial charge in [0.25, 0.3) is 5.91 Å². The largest absolute Gasteiger partial charge is 0.466 e. The molecule has 2 rings (SSSR count). The molecule has 0 bridgehead atoms. The van der Waals surface area contributed by atoms with Crippen LogP contribution in [0.25, 0.3) is 0 Å². The number of carbonyl (C=O) groups is 1. The summed E-state index contributed by atoms with van der Waals surface area (Å²) in [7, 11) is 1.41. The molecule has 0 radical (unpaired) electrons. The molecule has 0 aliphatic carbocycles. The summed E-state index contributed by atoms with van der Waals surface area (Å²) in [5.74, 6) is -0.289. The number of methoxy groups -OCH3 is 1. The molecular weight excluding hydrogens is 281 g/mol. The fourth-order valence-electron chi connectivity index (χ4n) is 1.12. The van der Waals surface area contributed by atoms with Crippen LogP contribution < -0.4 is 10.1 Å². The molecule has 0 atom stereocenters. The molecule has 0 unspecified atom stereocenters. The van der Waals surface area contributed by atoms with Gasteiger partial charge in [-0.15, -0.1) is 5.10 Å². The van der Waals surface area contributed by atoms with Crippen LogP contribution in [0.3, 0.4) is 0 Å². The number of amides is 1. The van der Waals surface area contributed by atoms with Gasteiger partial charge in [-0.2, -0.15) is 4.98 Å². The maximum absolute atomic E-state index is 11.8. The smallest absolute Gasteiger partial charge is 0.336 e. The highest BCUT2D eigenvalue weighted by Crippen LogP contribution is 2.20. The predicted molar refractivity (Wildman–Crippen MR) is 65.1 cm³/mol. The number of ether oxygens (including phenoxy) is 1. The summed E-state index contributed by atoms with van der Waals surface area (Å²) in [4.78, 5) is 19.4. The molecule has 0 fully saturated rings. The van der Waals surface area contributed by atoms with E-state index in [9.17, 15) is 4.79 Å². The van der Waals surface area contributed by atoms with E-state index in [1.165, 1.54) is 19.4 Å². The van der Waals surface area contributed by atoms with E-state index in [2.05, 4.69) is 25.5 Å². The maximum atomic E-state index is 11.8. The van der Waals surface area contributed by atoms with Crippen LogP contribution in [0, 0.1) is 0 Å². The number of nitrogens with zero attached hydrogens (tertiary/aromatic N) is 3. The molecule has 7 nitrogen and oxygen atoms in total. The van der Waals surface area contributed by atoms with Crippen molar-refractivity contribution >= 4 is 35.1 Å². The standard InChI is InChI=1S/C9H7Cl2N5O2/c1-18-9-14-8(15-16-9)13-7(17)4-2-5(10)6(11)12-3-4/h2-3H,1H3,(H2,13,14,15,16,17). The van der Waals surface area contributed by atoms with Crippen molar-refractivity contribution in [2.75, 3.05) is 12.4 Å². The van der Waals surface area contributed by atoms with Crippen molar-refractivity contribution in [2.45, 2.75) is 0 Å². The number of carbonyl (C=O) groups excluding carboxylic acids is 1. The lowest BCUT2D eigenvalue weighted by atomic mass is 10.3. The van der Waals surface area contributed by atoms with E-state index in [1.54, 1.807) is 0 Å². The lowest BCUT2D eigenvalue weighted by Gasteiger charge is -2.02. The predicted octanol–water partition coefficient (Wildman–Crippen LogP) is 1.77. The molecule has 2 heterocycles. The monoisotopic (exact) mass is 287 g/mol. The van der Waals surface area contributed by atoms with E-state index in [0.29, 0.717) is 0 Å². The summed E-state index contributed by atoms with van der Waals surface area (Å²) < 4.78 is 4.76. The molecule has 0 aliphatic rings. The van der Waals surface area contributed by atoms with E-state index in [1.807, 2.05) is 0 Å². The van der Waals surface area contributed by atoms with Crippen molar-refractivity contribution < 1.29 is 9.53 Å². The highest BCUT2D eigenvalue weighted by atomic mass is 35.5. The number of pyridine rings is 1. The molecule has 0 saturated heterocycles. The number of hydrogen-bond acceptors (Lipinski definition) is 5. The minimum absolute atomic E-state index is 0.123. The minimum atomic E-state index is -0.445. The number of rotatable bonds is 3. The third-order valence-corrected chi connectivity index (χ3v) is 2.62. The number of aromatic amines is 1. The first kappa shape index (κ1) is 12.6. The summed E-state index contributed by atoms with van der Waals surface area (Å²) in [6.07, 6.45) is 1.30. The van der Waals surface area contributed by atoms with Gasteiger partial charge in [-0.1, -0.05) is 23.2 Å². The lowest BCUT2D eigenvalue weighted by Crippen LogP contribution is -2.13. The average molecular weight is 288 g/mol. The molecular formula is C9H7Cl2N5O2. The Morgan fingerprint density at radius 3 is 2.89 bits per heavy atom. The second-order valence-corrected chi connectivity index (χ2v) is 3.89. The van der Waals surface area contributed by atoms with E-state index in [-0.39, 0.29) is 27.7 Å². The average Bonchev–Trinajstić information content (AvgIpc) is 2.80. The zero-order valence-corrected chi connectivity index (χ0v) is 10.6. The van der Waals surface area contributed by atoms with Crippen LogP contribution in [-0.2, 0) is 0 Å². The van der Waals surface area contributed by atoms with Crippen LogP contribution in [-0.4, -0.2) is 33.2 Å². The number of halogens is 2. The molecule has 9 heteroatoms. The van der Waals surface area contributed by atoms with Crippen molar-refractivity contribution in [2.24, 2.45) is 0 Å². The summed E-state index contributed by atoms with van der Waals surface area (Å²) >= 11 is 11.4. The Hall–Kier alpha value is -1.86. The first-order valence-electron chi connectivity index (χ1n) is 4.69. The van der Waals surface area contributed by atoms with Crippen LogP contribution >= 0.6 is 23.2 Å². The summed E-state index contributed by atoms with van der Waals surface area (Å²) in [5, 5.41) is 8.96. The molecule has 0 aromatic carbocycles. The van der Waals surface area contributed by atoms with Gasteiger partial charge in [0.05, 0.1) is 17.7 Å². The third-order valence-electron chi connectivity index (χ3n) is 1.94. The minimum Gasteiger partial charge on any atom is -0.466 e. The van der Waals surface area contributed by atoms with Gasteiger partial charge in [0.2, 0.25) is 5.95 Å². The van der Waals surface area contributed by atoms with Gasteiger partial charge in [-0.3, -0.25) is 10.1 Å². The second-order valence-electron chi connectivity index (χ2n) is 3.12. The Labute approximate surface area is 111 Å². The van der Waals surface area contributed by atoms with Crippen molar-refractivity contribution in [3.63, 3.8) is 0 Å². The second kappa shape index (κ2) is 5.19. The molecule has 94 valence electrons. The van der Waals surface area contributed by atoms with Gasteiger partial charge >= 0.3 is 6.01 Å². The summed E-state index contributed by atoms with van der Waals surface area (Å²) in [6, 6.07) is 1.53. The number of hydrogen-bond donors (Lipinski definition) is 2. The zero-order valence-electron chi connectivity index (χ0n) is 9.07. The Morgan fingerprint density at radius 2 is 2.28 bits per heavy atom. The summed E-state index contributed by atoms with van der Waals surface area (Å²) in [6.45, 7) is 0. The highest BCUT2D eigenvalue weighted by molar-refractivity contribution is 6.41. The van der Waals surface area contributed by atoms with Crippen LogP contribution in [0.5, 0.6) is 6.01 Å². The van der Waals surface area contributed by atoms with Gasteiger partial charge in [0.1, 0.15) is 5.15 Å². The van der Waals surface area contributed by atoms with Gasteiger partial charge in [-0.25, -0.2) is 10.1 Å². The molecule has 2 N–H and O–H groups in total. The molecule has 1 amide bonds. The van der Waals surface area contributed by atoms with Gasteiger partial charge < -0.3 is 4.74 Å². The quantitative estimate of drug-likeness (QED) is 0.839. The van der Waals surface area contributed by atoms with Crippen molar-refractivity contribution in [1.82, 2.24) is 20.2 Å². The lowest BCUT2D eigenvalue weighted by molar-refractivity contribution is 0.102. The van der Waals surface area contributed by atoms with Crippen LogP contribution in [0.2, 0.25) is 10.2 Å². The van der Waals surface area contributed by atoms with Crippen molar-refractivity contribution in [3.8, 4) is 6.01 Å². The molecule has 0 saturated carbocycles. The topological polar surface area (TPSA) is 92.8 Å². The SMILES string of the molecule is COc1n[nH]c(NC(=O)c2cnc(Cl)c(Cl)c2)n1. The third kappa shape index (κ3) is 2.69. The van der Waals surface area contributed by atoms with E-state index >= 15 is 0 Å². The van der Waals surface area contributed by atoms with Gasteiger partial charge in [-0.05, 0) is 6.07 Å². The van der Waals surface area contributed by atoms with Gasteiger partial charge in [0, 0.05) is 6.20 Å². The zero-order chi connectivity index (χ0) is 13.1. The van der Waals surface area contributed by atoms with Crippen LogP contribution in [0.15, 0.2) is 12.3 Å². The first-order valence-corrected chi connectivity index (χ1v) is 5.44. The highest BCUT2D eigenvalue weighted by Gasteiger charge is 2.11. The molecule has 2 aromatic heterocycles. The fraction of sp³-hybridized carbons (Fsp3) is 0.111. The molecule has 18 heavy (non-hydrogen) atoms. The Morgan fingerprint density at radius 1 is 1.50 bits per heavy atom. The van der Waals surface area contributed by atoms with Gasteiger partial charge in [0.15, 0.2) is 0 Å². The number of aromatic nitrogens is 4. The number of H-pyrrole nitrogens is 1. The summed E-state index contributed by atoms with van der Waals surface area (Å²) in [5.41, 5.74) is 0.250. The maximum Gasteiger partial charge on any atom is 0.336 e. The number of nitrogens with one attached hydrogen (secondary N) is 2. The molecule has 0 spiro atoms. The Balaban J connectivity index is 2.14. The molecule has 0 aliphatic heterocycles.